The molecule has 10 heteroatoms. The highest BCUT2D eigenvalue weighted by Gasteiger charge is 2.33. The Bertz CT molecular complexity index is 836. The van der Waals surface area contributed by atoms with Gasteiger partial charge in [0.1, 0.15) is 6.04 Å². The molecule has 1 aromatic carbocycles. The Morgan fingerprint density at radius 3 is 2.39 bits per heavy atom. The molecule has 1 atom stereocenters. The van der Waals surface area contributed by atoms with Crippen molar-refractivity contribution >= 4 is 27.7 Å². The first kappa shape index (κ1) is 21.8. The summed E-state index contributed by atoms with van der Waals surface area (Å²) in [7, 11) is -2.12. The van der Waals surface area contributed by atoms with Gasteiger partial charge >= 0.3 is 0 Å². The zero-order valence-corrected chi connectivity index (χ0v) is 17.0. The predicted molar refractivity (Wildman–Crippen MR) is 103 cm³/mol. The molecule has 1 fully saturated rings. The molecule has 1 aromatic rings. The molecule has 0 radical (unpaired) electrons. The molecule has 3 N–H and O–H groups in total. The molecular weight excluding hydrogens is 384 g/mol. The third kappa shape index (κ3) is 5.29. The molecule has 1 unspecified atom stereocenters. The molecule has 0 bridgehead atoms. The van der Waals surface area contributed by atoms with E-state index in [0.29, 0.717) is 13.0 Å². The Morgan fingerprint density at radius 1 is 1.18 bits per heavy atom. The summed E-state index contributed by atoms with van der Waals surface area (Å²) in [6.07, 6.45) is 1.33. The predicted octanol–water partition coefficient (Wildman–Crippen LogP) is -0.160. The number of hydrogen-bond acceptors (Lipinski definition) is 5. The molecule has 0 aromatic heterocycles. The van der Waals surface area contributed by atoms with Crippen LogP contribution in [0.3, 0.4) is 0 Å². The zero-order valence-electron chi connectivity index (χ0n) is 16.2. The van der Waals surface area contributed by atoms with E-state index in [1.165, 1.54) is 36.2 Å². The van der Waals surface area contributed by atoms with Gasteiger partial charge in [-0.15, -0.1) is 0 Å². The quantitative estimate of drug-likeness (QED) is 0.576. The van der Waals surface area contributed by atoms with Crippen molar-refractivity contribution in [3.63, 3.8) is 0 Å². The van der Waals surface area contributed by atoms with E-state index in [1.54, 1.807) is 13.8 Å². The SMILES string of the molecule is CNC(=O)C1CCCN1C(=O)CNC(=O)c1ccc(S(=O)(=O)NC(C)C)cc1. The first-order valence-corrected chi connectivity index (χ1v) is 10.6. The topological polar surface area (TPSA) is 125 Å². The van der Waals surface area contributed by atoms with Gasteiger partial charge in [-0.2, -0.15) is 0 Å². The maximum atomic E-state index is 12.3. The number of carbonyl (C=O) groups is 3. The average Bonchev–Trinajstić information content (AvgIpc) is 3.14. The Hall–Kier alpha value is -2.46. The van der Waals surface area contributed by atoms with Crippen LogP contribution in [0.5, 0.6) is 0 Å². The second-order valence-electron chi connectivity index (χ2n) is 6.84. The Balaban J connectivity index is 1.96. The van der Waals surface area contributed by atoms with Gasteiger partial charge in [-0.1, -0.05) is 0 Å². The minimum atomic E-state index is -3.64. The van der Waals surface area contributed by atoms with Gasteiger partial charge in [-0.25, -0.2) is 13.1 Å². The summed E-state index contributed by atoms with van der Waals surface area (Å²) < 4.78 is 26.7. The molecular formula is C18H26N4O5S. The van der Waals surface area contributed by atoms with E-state index in [4.69, 9.17) is 0 Å². The molecule has 3 amide bonds. The number of amides is 3. The summed E-state index contributed by atoms with van der Waals surface area (Å²) >= 11 is 0. The van der Waals surface area contributed by atoms with Crippen molar-refractivity contribution in [3.05, 3.63) is 29.8 Å². The second-order valence-corrected chi connectivity index (χ2v) is 8.56. The van der Waals surface area contributed by atoms with E-state index in [0.717, 1.165) is 6.42 Å². The fourth-order valence-electron chi connectivity index (χ4n) is 3.03. The van der Waals surface area contributed by atoms with Crippen LogP contribution in [-0.2, 0) is 19.6 Å². The van der Waals surface area contributed by atoms with Crippen LogP contribution in [0, 0.1) is 0 Å². The van der Waals surface area contributed by atoms with Crippen molar-refractivity contribution in [1.82, 2.24) is 20.3 Å². The lowest BCUT2D eigenvalue weighted by molar-refractivity contribution is -0.137. The summed E-state index contributed by atoms with van der Waals surface area (Å²) in [6.45, 7) is 3.67. The van der Waals surface area contributed by atoms with E-state index in [-0.39, 0.29) is 34.9 Å². The van der Waals surface area contributed by atoms with Crippen molar-refractivity contribution in [3.8, 4) is 0 Å². The molecule has 1 aliphatic heterocycles. The van der Waals surface area contributed by atoms with Gasteiger partial charge in [0.05, 0.1) is 11.4 Å². The summed E-state index contributed by atoms with van der Waals surface area (Å²) in [6, 6.07) is 4.69. The highest BCUT2D eigenvalue weighted by Crippen LogP contribution is 2.17. The molecule has 2 rings (SSSR count). The van der Waals surface area contributed by atoms with E-state index >= 15 is 0 Å². The Labute approximate surface area is 164 Å². The van der Waals surface area contributed by atoms with Gasteiger partial charge in [0.15, 0.2) is 0 Å². The first-order chi connectivity index (χ1) is 13.2. The number of carbonyl (C=O) groups excluding carboxylic acids is 3. The van der Waals surface area contributed by atoms with Crippen molar-refractivity contribution in [1.29, 1.82) is 0 Å². The van der Waals surface area contributed by atoms with E-state index in [9.17, 15) is 22.8 Å². The lowest BCUT2D eigenvalue weighted by atomic mass is 10.2. The molecule has 9 nitrogen and oxygen atoms in total. The van der Waals surface area contributed by atoms with Gasteiger partial charge in [-0.05, 0) is 51.0 Å². The van der Waals surface area contributed by atoms with Gasteiger partial charge in [0, 0.05) is 25.2 Å². The lowest BCUT2D eigenvalue weighted by Crippen LogP contribution is -2.48. The molecule has 154 valence electrons. The van der Waals surface area contributed by atoms with Crippen LogP contribution in [0.1, 0.15) is 37.0 Å². The molecule has 1 heterocycles. The monoisotopic (exact) mass is 410 g/mol. The van der Waals surface area contributed by atoms with Gasteiger partial charge in [0.2, 0.25) is 21.8 Å². The lowest BCUT2D eigenvalue weighted by Gasteiger charge is -2.23. The summed E-state index contributed by atoms with van der Waals surface area (Å²) in [4.78, 5) is 37.9. The number of nitrogens with one attached hydrogen (secondary N) is 3. The third-order valence-corrected chi connectivity index (χ3v) is 6.01. The molecule has 1 saturated heterocycles. The zero-order chi connectivity index (χ0) is 20.9. The number of sulfonamides is 1. The average molecular weight is 410 g/mol. The molecule has 0 aliphatic carbocycles. The highest BCUT2D eigenvalue weighted by molar-refractivity contribution is 7.89. The van der Waals surface area contributed by atoms with Crippen LogP contribution in [0.15, 0.2) is 29.2 Å². The summed E-state index contributed by atoms with van der Waals surface area (Å²) in [5, 5.41) is 5.05. The maximum Gasteiger partial charge on any atom is 0.251 e. The highest BCUT2D eigenvalue weighted by atomic mass is 32.2. The summed E-state index contributed by atoms with van der Waals surface area (Å²) in [5.74, 6) is -1.05. The fraction of sp³-hybridized carbons (Fsp3) is 0.500. The minimum Gasteiger partial charge on any atom is -0.357 e. The van der Waals surface area contributed by atoms with Crippen molar-refractivity contribution < 1.29 is 22.8 Å². The molecule has 28 heavy (non-hydrogen) atoms. The van der Waals surface area contributed by atoms with E-state index in [1.807, 2.05) is 0 Å². The van der Waals surface area contributed by atoms with Crippen LogP contribution in [0.2, 0.25) is 0 Å². The van der Waals surface area contributed by atoms with Crippen LogP contribution in [0.25, 0.3) is 0 Å². The van der Waals surface area contributed by atoms with Gasteiger partial charge in [-0.3, -0.25) is 14.4 Å². The standard InChI is InChI=1S/C18H26N4O5S/c1-12(2)21-28(26,27)14-8-6-13(7-9-14)17(24)20-11-16(23)22-10-4-5-15(22)18(25)19-3/h6-9,12,15,21H,4-5,10-11H2,1-3H3,(H,19,25)(H,20,24). The largest absolute Gasteiger partial charge is 0.357 e. The number of rotatable bonds is 7. The normalized spacial score (nSPS) is 16.9. The third-order valence-electron chi connectivity index (χ3n) is 4.34. The van der Waals surface area contributed by atoms with Crippen molar-refractivity contribution in [2.24, 2.45) is 0 Å². The summed E-state index contributed by atoms with van der Waals surface area (Å²) in [5.41, 5.74) is 0.237. The van der Waals surface area contributed by atoms with Crippen LogP contribution < -0.4 is 15.4 Å². The van der Waals surface area contributed by atoms with Gasteiger partial charge < -0.3 is 15.5 Å². The fourth-order valence-corrected chi connectivity index (χ4v) is 4.28. The van der Waals surface area contributed by atoms with Gasteiger partial charge in [0.25, 0.3) is 5.91 Å². The number of hydrogen-bond donors (Lipinski definition) is 3. The Kier molecular flexibility index (Phi) is 7.14. The minimum absolute atomic E-state index is 0.0549. The number of benzene rings is 1. The second kappa shape index (κ2) is 9.16. The smallest absolute Gasteiger partial charge is 0.251 e. The number of nitrogens with zero attached hydrogens (tertiary/aromatic N) is 1. The maximum absolute atomic E-state index is 12.3. The van der Waals surface area contributed by atoms with E-state index < -0.39 is 22.0 Å². The van der Waals surface area contributed by atoms with Crippen molar-refractivity contribution in [2.75, 3.05) is 20.1 Å². The van der Waals surface area contributed by atoms with Crippen LogP contribution >= 0.6 is 0 Å². The first-order valence-electron chi connectivity index (χ1n) is 9.07. The Morgan fingerprint density at radius 2 is 1.82 bits per heavy atom. The molecule has 1 aliphatic rings. The van der Waals surface area contributed by atoms with Crippen molar-refractivity contribution in [2.45, 2.75) is 43.7 Å². The number of likely N-dealkylation sites (N-methyl/N-ethyl adjacent to an activating group) is 1. The van der Waals surface area contributed by atoms with E-state index in [2.05, 4.69) is 15.4 Å². The molecule has 0 saturated carbocycles. The molecule has 0 spiro atoms. The van der Waals surface area contributed by atoms with Crippen LogP contribution in [0.4, 0.5) is 0 Å². The van der Waals surface area contributed by atoms with Crippen LogP contribution in [-0.4, -0.2) is 63.3 Å². The number of likely N-dealkylation sites (tertiary alicyclic amines) is 1.